The highest BCUT2D eigenvalue weighted by molar-refractivity contribution is 14.0. The largest absolute Gasteiger partial charge is 0.494 e. The first-order chi connectivity index (χ1) is 11.6. The average Bonchev–Trinajstić information content (AvgIpc) is 2.85. The quantitative estimate of drug-likeness (QED) is 0.263. The molecule has 0 atom stereocenters. The van der Waals surface area contributed by atoms with Crippen LogP contribution < -0.4 is 15.4 Å². The van der Waals surface area contributed by atoms with E-state index in [-0.39, 0.29) is 24.0 Å². The second-order valence-electron chi connectivity index (χ2n) is 5.20. The van der Waals surface area contributed by atoms with E-state index >= 15 is 0 Å². The number of hydrogen-bond donors (Lipinski definition) is 2. The van der Waals surface area contributed by atoms with Gasteiger partial charge in [-0.1, -0.05) is 41.4 Å². The van der Waals surface area contributed by atoms with Gasteiger partial charge in [0.1, 0.15) is 10.9 Å². The van der Waals surface area contributed by atoms with Gasteiger partial charge in [0.05, 0.1) is 18.2 Å². The number of rotatable bonds is 7. The van der Waals surface area contributed by atoms with Crippen molar-refractivity contribution in [3.05, 3.63) is 52.3 Å². The van der Waals surface area contributed by atoms with Crippen LogP contribution in [0.15, 0.2) is 41.4 Å². The van der Waals surface area contributed by atoms with Crippen LogP contribution in [0.5, 0.6) is 5.75 Å². The summed E-state index contributed by atoms with van der Waals surface area (Å²) in [5, 5.41) is 7.58. The minimum absolute atomic E-state index is 0. The fourth-order valence-electron chi connectivity index (χ4n) is 2.14. The summed E-state index contributed by atoms with van der Waals surface area (Å²) >= 11 is 12.1. The van der Waals surface area contributed by atoms with Crippen LogP contribution in [0.3, 0.4) is 0 Å². The summed E-state index contributed by atoms with van der Waals surface area (Å²) in [6, 6.07) is 11.6. The number of aliphatic imine (C=N–C) groups is 1. The Morgan fingerprint density at radius 2 is 1.92 bits per heavy atom. The highest BCUT2D eigenvalue weighted by Gasteiger charge is 2.09. The van der Waals surface area contributed by atoms with Gasteiger partial charge in [0, 0.05) is 26.3 Å². The lowest BCUT2D eigenvalue weighted by molar-refractivity contribution is 0.311. The van der Waals surface area contributed by atoms with E-state index in [2.05, 4.69) is 15.6 Å². The van der Waals surface area contributed by atoms with Crippen molar-refractivity contribution in [2.45, 2.75) is 13.0 Å². The van der Waals surface area contributed by atoms with Gasteiger partial charge in [-0.05, 0) is 24.6 Å². The summed E-state index contributed by atoms with van der Waals surface area (Å²) in [4.78, 5) is 4.20. The first-order valence-electron chi connectivity index (χ1n) is 7.73. The second-order valence-corrected chi connectivity index (χ2v) is 5.97. The predicted molar refractivity (Wildman–Crippen MR) is 116 cm³/mol. The van der Waals surface area contributed by atoms with Gasteiger partial charge in [-0.2, -0.15) is 0 Å². The van der Waals surface area contributed by atoms with E-state index in [1.54, 1.807) is 7.05 Å². The highest BCUT2D eigenvalue weighted by atomic mass is 127. The van der Waals surface area contributed by atoms with E-state index < -0.39 is 0 Å². The Bertz CT molecular complexity index is 677. The Kier molecular flexibility index (Phi) is 10.1. The molecule has 0 unspecified atom stereocenters. The summed E-state index contributed by atoms with van der Waals surface area (Å²) in [6.07, 6.45) is 0.872. The van der Waals surface area contributed by atoms with Gasteiger partial charge in [-0.3, -0.25) is 4.99 Å². The Balaban J connectivity index is 0.00000312. The van der Waals surface area contributed by atoms with E-state index in [9.17, 15) is 0 Å². The number of nitrogens with zero attached hydrogens (tertiary/aromatic N) is 2. The van der Waals surface area contributed by atoms with Crippen LogP contribution >= 0.6 is 47.2 Å². The van der Waals surface area contributed by atoms with Crippen molar-refractivity contribution < 1.29 is 4.74 Å². The molecule has 0 saturated heterocycles. The molecule has 0 aliphatic heterocycles. The van der Waals surface area contributed by atoms with Crippen molar-refractivity contribution in [3.8, 4) is 5.75 Å². The van der Waals surface area contributed by atoms with Crippen LogP contribution in [0.1, 0.15) is 12.1 Å². The van der Waals surface area contributed by atoms with E-state index in [1.807, 2.05) is 48.0 Å². The molecule has 25 heavy (non-hydrogen) atoms. The minimum Gasteiger partial charge on any atom is -0.494 e. The molecule has 1 heterocycles. The zero-order valence-corrected chi connectivity index (χ0v) is 18.1. The lowest BCUT2D eigenvalue weighted by Crippen LogP contribution is -2.38. The van der Waals surface area contributed by atoms with Gasteiger partial charge in [-0.25, -0.2) is 0 Å². The monoisotopic (exact) mass is 496 g/mol. The van der Waals surface area contributed by atoms with Crippen molar-refractivity contribution in [2.75, 3.05) is 20.2 Å². The Morgan fingerprint density at radius 3 is 2.52 bits per heavy atom. The number of aromatic nitrogens is 1. The van der Waals surface area contributed by atoms with Crippen LogP contribution in [-0.2, 0) is 13.6 Å². The number of halogens is 3. The summed E-state index contributed by atoms with van der Waals surface area (Å²) in [7, 11) is 3.61. The maximum atomic E-state index is 6.06. The zero-order chi connectivity index (χ0) is 17.4. The number of para-hydroxylation sites is 1. The van der Waals surface area contributed by atoms with Gasteiger partial charge < -0.3 is 19.9 Å². The van der Waals surface area contributed by atoms with Crippen molar-refractivity contribution >= 4 is 53.1 Å². The smallest absolute Gasteiger partial charge is 0.191 e. The third-order valence-corrected chi connectivity index (χ3v) is 4.34. The number of ether oxygens (including phenoxy) is 1. The van der Waals surface area contributed by atoms with Crippen LogP contribution in [-0.4, -0.2) is 30.7 Å². The molecule has 0 radical (unpaired) electrons. The van der Waals surface area contributed by atoms with Crippen molar-refractivity contribution in [2.24, 2.45) is 12.0 Å². The SMILES string of the molecule is CN=C(NCCCOc1ccccc1)NCc1cc(Cl)c(Cl)n1C.I. The topological polar surface area (TPSA) is 50.6 Å². The van der Waals surface area contributed by atoms with Gasteiger partial charge in [0.25, 0.3) is 0 Å². The molecule has 5 nitrogen and oxygen atoms in total. The van der Waals surface area contributed by atoms with Crippen molar-refractivity contribution in [3.63, 3.8) is 0 Å². The van der Waals surface area contributed by atoms with Crippen LogP contribution in [0.2, 0.25) is 10.2 Å². The molecule has 0 bridgehead atoms. The van der Waals surface area contributed by atoms with Gasteiger partial charge >= 0.3 is 0 Å². The maximum absolute atomic E-state index is 6.06. The van der Waals surface area contributed by atoms with Crippen LogP contribution in [0, 0.1) is 0 Å². The van der Waals surface area contributed by atoms with E-state index in [1.165, 1.54) is 0 Å². The normalized spacial score (nSPS) is 11.0. The van der Waals surface area contributed by atoms with Crippen molar-refractivity contribution in [1.29, 1.82) is 0 Å². The fraction of sp³-hybridized carbons (Fsp3) is 0.353. The molecular formula is C17H23Cl2IN4O. The molecule has 8 heteroatoms. The third-order valence-electron chi connectivity index (χ3n) is 3.50. The highest BCUT2D eigenvalue weighted by Crippen LogP contribution is 2.24. The molecule has 2 aromatic rings. The van der Waals surface area contributed by atoms with Crippen LogP contribution in [0.4, 0.5) is 0 Å². The standard InChI is InChI=1S/C17H22Cl2N4O.HI/c1-20-17(22-12-13-11-15(18)16(19)23(13)2)21-9-6-10-24-14-7-4-3-5-8-14;/h3-5,7-8,11H,6,9-10,12H2,1-2H3,(H2,20,21,22);1H. The summed E-state index contributed by atoms with van der Waals surface area (Å²) in [5.74, 6) is 1.61. The molecule has 0 fully saturated rings. The fourth-order valence-corrected chi connectivity index (χ4v) is 2.55. The molecule has 0 saturated carbocycles. The maximum Gasteiger partial charge on any atom is 0.191 e. The minimum atomic E-state index is 0. The average molecular weight is 497 g/mol. The molecule has 0 amide bonds. The summed E-state index contributed by atoms with van der Waals surface area (Å²) < 4.78 is 7.49. The summed E-state index contributed by atoms with van der Waals surface area (Å²) in [6.45, 7) is 2.00. The van der Waals surface area contributed by atoms with Gasteiger partial charge in [0.15, 0.2) is 5.96 Å². The Hall–Kier alpha value is -1.12. The van der Waals surface area contributed by atoms with E-state index in [0.717, 1.165) is 30.4 Å². The molecule has 0 spiro atoms. The summed E-state index contributed by atoms with van der Waals surface area (Å²) in [5.41, 5.74) is 0.986. The Labute approximate surface area is 175 Å². The lowest BCUT2D eigenvalue weighted by Gasteiger charge is -2.12. The van der Waals surface area contributed by atoms with Gasteiger partial charge in [0.2, 0.25) is 0 Å². The predicted octanol–water partition coefficient (Wildman–Crippen LogP) is 4.08. The molecule has 0 aliphatic carbocycles. The molecular weight excluding hydrogens is 474 g/mol. The second kappa shape index (κ2) is 11.5. The number of guanidine groups is 1. The molecule has 2 rings (SSSR count). The first-order valence-corrected chi connectivity index (χ1v) is 8.49. The molecule has 2 N–H and O–H groups in total. The molecule has 1 aromatic heterocycles. The van der Waals surface area contributed by atoms with E-state index in [4.69, 9.17) is 27.9 Å². The van der Waals surface area contributed by atoms with E-state index in [0.29, 0.717) is 23.3 Å². The third kappa shape index (κ3) is 6.95. The van der Waals surface area contributed by atoms with Gasteiger partial charge in [-0.15, -0.1) is 24.0 Å². The molecule has 0 aliphatic rings. The number of benzene rings is 1. The van der Waals surface area contributed by atoms with Crippen molar-refractivity contribution in [1.82, 2.24) is 15.2 Å². The zero-order valence-electron chi connectivity index (χ0n) is 14.3. The lowest BCUT2D eigenvalue weighted by atomic mass is 10.3. The van der Waals surface area contributed by atoms with Crippen LogP contribution in [0.25, 0.3) is 0 Å². The number of nitrogens with one attached hydrogen (secondary N) is 2. The molecule has 138 valence electrons. The Morgan fingerprint density at radius 1 is 1.20 bits per heavy atom. The first kappa shape index (κ1) is 21.9. The molecule has 1 aromatic carbocycles. The number of hydrogen-bond acceptors (Lipinski definition) is 2.